The molecular weight excluding hydrogens is 266 g/mol. The van der Waals surface area contributed by atoms with Gasteiger partial charge in [-0.2, -0.15) is 0 Å². The smallest absolute Gasteiger partial charge is 0.251 e. The highest BCUT2D eigenvalue weighted by molar-refractivity contribution is 5.97. The third kappa shape index (κ3) is 3.50. The van der Waals surface area contributed by atoms with Gasteiger partial charge in [0.05, 0.1) is 17.2 Å². The molecule has 1 atom stereocenters. The molecule has 0 unspecified atom stereocenters. The van der Waals surface area contributed by atoms with E-state index in [1.54, 1.807) is 24.3 Å². The van der Waals surface area contributed by atoms with Crippen molar-refractivity contribution in [2.75, 3.05) is 0 Å². The number of hydrogen-bond acceptors (Lipinski definition) is 3. The molecule has 1 heterocycles. The molecule has 0 radical (unpaired) electrons. The predicted octanol–water partition coefficient (Wildman–Crippen LogP) is 2.97. The zero-order valence-corrected chi connectivity index (χ0v) is 13.3. The van der Waals surface area contributed by atoms with Crippen LogP contribution in [0.3, 0.4) is 0 Å². The van der Waals surface area contributed by atoms with Crippen molar-refractivity contribution in [3.8, 4) is 0 Å². The van der Waals surface area contributed by atoms with Crippen LogP contribution in [0.5, 0.6) is 0 Å². The summed E-state index contributed by atoms with van der Waals surface area (Å²) in [6.07, 6.45) is 0.775. The zero-order valence-electron chi connectivity index (χ0n) is 13.3. The van der Waals surface area contributed by atoms with Crippen molar-refractivity contribution >= 4 is 11.7 Å². The molecule has 1 aromatic rings. The molecule has 1 aliphatic heterocycles. The molecule has 0 spiro atoms. The van der Waals surface area contributed by atoms with Gasteiger partial charge < -0.3 is 10.1 Å². The average Bonchev–Trinajstić information content (AvgIpc) is 2.57. The number of ketones is 1. The second kappa shape index (κ2) is 5.26. The third-order valence-electron chi connectivity index (χ3n) is 3.93. The maximum Gasteiger partial charge on any atom is 0.251 e. The van der Waals surface area contributed by atoms with E-state index in [2.05, 4.69) is 5.32 Å². The number of ether oxygens (including phenoxy) is 1. The first-order chi connectivity index (χ1) is 9.61. The molecule has 1 aliphatic rings. The molecule has 0 aliphatic carbocycles. The Balaban J connectivity index is 2.09. The number of Topliss-reactive ketones (excluding diaryl/α,β-unsaturated/α-hetero) is 1. The van der Waals surface area contributed by atoms with Gasteiger partial charge in [0.25, 0.3) is 5.91 Å². The van der Waals surface area contributed by atoms with E-state index < -0.39 is 5.60 Å². The maximum absolute atomic E-state index is 12.3. The Morgan fingerprint density at radius 3 is 2.05 bits per heavy atom. The van der Waals surface area contributed by atoms with Gasteiger partial charge in [-0.3, -0.25) is 9.59 Å². The SMILES string of the molecule is CC(=O)c1ccc(C(=O)N[C@H]2CC(C)(C)OC2(C)C)cc1. The Kier molecular flexibility index (Phi) is 3.93. The lowest BCUT2D eigenvalue weighted by atomic mass is 9.94. The zero-order chi connectivity index (χ0) is 15.8. The predicted molar refractivity (Wildman–Crippen MR) is 81.6 cm³/mol. The van der Waals surface area contributed by atoms with Crippen LogP contribution in [-0.2, 0) is 4.74 Å². The van der Waals surface area contributed by atoms with E-state index in [-0.39, 0.29) is 23.3 Å². The third-order valence-corrected chi connectivity index (χ3v) is 3.93. The van der Waals surface area contributed by atoms with Crippen LogP contribution >= 0.6 is 0 Å². The number of amides is 1. The minimum atomic E-state index is -0.390. The van der Waals surface area contributed by atoms with E-state index >= 15 is 0 Å². The first-order valence-electron chi connectivity index (χ1n) is 7.23. The number of hydrogen-bond donors (Lipinski definition) is 1. The number of rotatable bonds is 3. The second-order valence-corrected chi connectivity index (χ2v) is 6.83. The molecule has 114 valence electrons. The summed E-state index contributed by atoms with van der Waals surface area (Å²) in [5.41, 5.74) is 0.538. The monoisotopic (exact) mass is 289 g/mol. The molecule has 1 fully saturated rings. The number of benzene rings is 1. The molecule has 2 rings (SSSR count). The fourth-order valence-corrected chi connectivity index (χ4v) is 2.88. The lowest BCUT2D eigenvalue weighted by molar-refractivity contribution is -0.0693. The summed E-state index contributed by atoms with van der Waals surface area (Å²) >= 11 is 0. The standard InChI is InChI=1S/C17H23NO3/c1-11(19)12-6-8-13(9-7-12)15(20)18-14-10-16(2,3)21-17(14,4)5/h6-9,14H,10H2,1-5H3,(H,18,20)/t14-/m0/s1. The van der Waals surface area contributed by atoms with Crippen molar-refractivity contribution in [1.29, 1.82) is 0 Å². The Labute approximate surface area is 125 Å². The van der Waals surface area contributed by atoms with E-state index in [1.165, 1.54) is 6.92 Å². The Bertz CT molecular complexity index is 558. The lowest BCUT2D eigenvalue weighted by Crippen LogP contribution is -2.46. The highest BCUT2D eigenvalue weighted by atomic mass is 16.5. The number of nitrogens with one attached hydrogen (secondary N) is 1. The quantitative estimate of drug-likeness (QED) is 0.870. The minimum absolute atomic E-state index is 0.00552. The molecular formula is C17H23NO3. The molecule has 0 aromatic heterocycles. The first-order valence-corrected chi connectivity index (χ1v) is 7.23. The Morgan fingerprint density at radius 2 is 1.62 bits per heavy atom. The Hall–Kier alpha value is -1.68. The van der Waals surface area contributed by atoms with Gasteiger partial charge in [0.1, 0.15) is 0 Å². The molecule has 0 saturated carbocycles. The van der Waals surface area contributed by atoms with Crippen LogP contribution in [0.25, 0.3) is 0 Å². The van der Waals surface area contributed by atoms with Gasteiger partial charge in [0, 0.05) is 11.1 Å². The lowest BCUT2D eigenvalue weighted by Gasteiger charge is -2.27. The van der Waals surface area contributed by atoms with E-state index in [4.69, 9.17) is 4.74 Å². The summed E-state index contributed by atoms with van der Waals surface area (Å²) in [6, 6.07) is 6.68. The highest BCUT2D eigenvalue weighted by Gasteiger charge is 2.46. The van der Waals surface area contributed by atoms with Crippen LogP contribution < -0.4 is 5.32 Å². The summed E-state index contributed by atoms with van der Waals surface area (Å²) in [5.74, 6) is -0.140. The van der Waals surface area contributed by atoms with Gasteiger partial charge in [0.2, 0.25) is 0 Å². The average molecular weight is 289 g/mol. The van der Waals surface area contributed by atoms with Crippen molar-refractivity contribution in [2.45, 2.75) is 58.3 Å². The second-order valence-electron chi connectivity index (χ2n) is 6.83. The summed E-state index contributed by atoms with van der Waals surface area (Å²) in [5, 5.41) is 3.04. The van der Waals surface area contributed by atoms with Gasteiger partial charge in [-0.15, -0.1) is 0 Å². The van der Waals surface area contributed by atoms with Gasteiger partial charge in [-0.05, 0) is 53.2 Å². The van der Waals surface area contributed by atoms with E-state index in [0.29, 0.717) is 11.1 Å². The number of carbonyl (C=O) groups excluding carboxylic acids is 2. The van der Waals surface area contributed by atoms with Crippen LogP contribution in [-0.4, -0.2) is 28.9 Å². The van der Waals surface area contributed by atoms with Crippen LogP contribution in [0.2, 0.25) is 0 Å². The topological polar surface area (TPSA) is 55.4 Å². The minimum Gasteiger partial charge on any atom is -0.367 e. The normalized spacial score (nSPS) is 22.8. The first kappa shape index (κ1) is 15.7. The molecule has 4 heteroatoms. The van der Waals surface area contributed by atoms with Gasteiger partial charge in [0.15, 0.2) is 5.78 Å². The van der Waals surface area contributed by atoms with Gasteiger partial charge in [-0.1, -0.05) is 12.1 Å². The van der Waals surface area contributed by atoms with Gasteiger partial charge in [-0.25, -0.2) is 0 Å². The molecule has 21 heavy (non-hydrogen) atoms. The fraction of sp³-hybridized carbons (Fsp3) is 0.529. The molecule has 1 N–H and O–H groups in total. The van der Waals surface area contributed by atoms with Crippen molar-refractivity contribution in [1.82, 2.24) is 5.32 Å². The molecule has 1 aromatic carbocycles. The van der Waals surface area contributed by atoms with Crippen LogP contribution in [0.1, 0.15) is 61.8 Å². The van der Waals surface area contributed by atoms with Crippen molar-refractivity contribution in [3.05, 3.63) is 35.4 Å². The summed E-state index contributed by atoms with van der Waals surface area (Å²) < 4.78 is 5.98. The van der Waals surface area contributed by atoms with Crippen molar-refractivity contribution in [2.24, 2.45) is 0 Å². The van der Waals surface area contributed by atoms with E-state index in [0.717, 1.165) is 6.42 Å². The Morgan fingerprint density at radius 1 is 1.10 bits per heavy atom. The summed E-state index contributed by atoms with van der Waals surface area (Å²) in [4.78, 5) is 23.6. The highest BCUT2D eigenvalue weighted by Crippen LogP contribution is 2.37. The maximum atomic E-state index is 12.3. The fourth-order valence-electron chi connectivity index (χ4n) is 2.88. The van der Waals surface area contributed by atoms with E-state index in [9.17, 15) is 9.59 Å². The van der Waals surface area contributed by atoms with Crippen LogP contribution in [0, 0.1) is 0 Å². The molecule has 0 bridgehead atoms. The number of carbonyl (C=O) groups is 2. The summed E-state index contributed by atoms with van der Waals surface area (Å²) in [7, 11) is 0. The molecule has 1 amide bonds. The van der Waals surface area contributed by atoms with Gasteiger partial charge >= 0.3 is 0 Å². The largest absolute Gasteiger partial charge is 0.367 e. The van der Waals surface area contributed by atoms with Crippen molar-refractivity contribution < 1.29 is 14.3 Å². The van der Waals surface area contributed by atoms with E-state index in [1.807, 2.05) is 27.7 Å². The molecule has 4 nitrogen and oxygen atoms in total. The van der Waals surface area contributed by atoms with Crippen molar-refractivity contribution in [3.63, 3.8) is 0 Å². The molecule has 1 saturated heterocycles. The van der Waals surface area contributed by atoms with Crippen LogP contribution in [0.15, 0.2) is 24.3 Å². The summed E-state index contributed by atoms with van der Waals surface area (Å²) in [6.45, 7) is 9.55. The van der Waals surface area contributed by atoms with Crippen LogP contribution in [0.4, 0.5) is 0 Å².